The van der Waals surface area contributed by atoms with Crippen molar-refractivity contribution in [2.75, 3.05) is 20.8 Å². The van der Waals surface area contributed by atoms with Crippen molar-refractivity contribution in [1.29, 1.82) is 0 Å². The molecule has 1 N–H and O–H groups in total. The van der Waals surface area contributed by atoms with Crippen molar-refractivity contribution < 1.29 is 18.7 Å². The van der Waals surface area contributed by atoms with Gasteiger partial charge < -0.3 is 19.2 Å². The molecule has 0 radical (unpaired) electrons. The van der Waals surface area contributed by atoms with Crippen molar-refractivity contribution in [3.8, 4) is 11.5 Å². The number of ether oxygens (including phenoxy) is 2. The lowest BCUT2D eigenvalue weighted by Crippen LogP contribution is -2.27. The van der Waals surface area contributed by atoms with Crippen LogP contribution in [0.4, 0.5) is 0 Å². The molecule has 158 valence electrons. The fourth-order valence-corrected chi connectivity index (χ4v) is 3.72. The molecular weight excluding hydrogens is 394 g/mol. The minimum atomic E-state index is -0.461. The van der Waals surface area contributed by atoms with Crippen molar-refractivity contribution in [3.63, 3.8) is 0 Å². The fourth-order valence-electron chi connectivity index (χ4n) is 3.72. The van der Waals surface area contributed by atoms with E-state index in [1.165, 1.54) is 6.07 Å². The monoisotopic (exact) mass is 417 g/mol. The molecule has 4 rings (SSSR count). The normalized spacial score (nSPS) is 10.9. The molecule has 6 heteroatoms. The van der Waals surface area contributed by atoms with Crippen molar-refractivity contribution in [2.45, 2.75) is 12.8 Å². The van der Waals surface area contributed by atoms with Crippen LogP contribution in [0.15, 0.2) is 69.9 Å². The van der Waals surface area contributed by atoms with Crippen LogP contribution in [-0.4, -0.2) is 26.7 Å². The molecule has 31 heavy (non-hydrogen) atoms. The minimum Gasteiger partial charge on any atom is -0.493 e. The topological polar surface area (TPSA) is 77.8 Å². The summed E-state index contributed by atoms with van der Waals surface area (Å²) in [6.45, 7) is 0.469. The molecule has 0 aliphatic rings. The van der Waals surface area contributed by atoms with E-state index in [1.807, 2.05) is 54.6 Å². The van der Waals surface area contributed by atoms with Gasteiger partial charge in [0.25, 0.3) is 0 Å². The highest BCUT2D eigenvalue weighted by molar-refractivity contribution is 6.05. The molecule has 0 spiro atoms. The van der Waals surface area contributed by atoms with Crippen LogP contribution in [0.1, 0.15) is 11.1 Å². The first-order valence-corrected chi connectivity index (χ1v) is 10.0. The van der Waals surface area contributed by atoms with Crippen LogP contribution < -0.4 is 20.4 Å². The van der Waals surface area contributed by atoms with E-state index in [-0.39, 0.29) is 12.3 Å². The predicted molar refractivity (Wildman–Crippen MR) is 120 cm³/mol. The van der Waals surface area contributed by atoms with Crippen molar-refractivity contribution in [2.24, 2.45) is 0 Å². The lowest BCUT2D eigenvalue weighted by atomic mass is 10.0. The van der Waals surface area contributed by atoms with Crippen LogP contribution in [-0.2, 0) is 17.6 Å². The maximum atomic E-state index is 12.6. The van der Waals surface area contributed by atoms with Crippen LogP contribution in [0.5, 0.6) is 11.5 Å². The Morgan fingerprint density at radius 2 is 1.74 bits per heavy atom. The van der Waals surface area contributed by atoms with Gasteiger partial charge in [-0.2, -0.15) is 0 Å². The zero-order chi connectivity index (χ0) is 21.8. The standard InChI is InChI=1S/C25H23NO5/c1-29-21-10-7-16(13-22(21)30-2)11-12-26-23(27)14-18-15-24(28)31-25-19-6-4-3-5-17(19)8-9-20(18)25/h3-10,13,15H,11-12,14H2,1-2H3,(H,26,27). The zero-order valence-corrected chi connectivity index (χ0v) is 17.4. The van der Waals surface area contributed by atoms with Gasteiger partial charge in [0.15, 0.2) is 11.5 Å². The highest BCUT2D eigenvalue weighted by atomic mass is 16.5. The van der Waals surface area contributed by atoms with Crippen molar-refractivity contribution >= 4 is 27.6 Å². The van der Waals surface area contributed by atoms with E-state index in [9.17, 15) is 9.59 Å². The number of nitrogens with one attached hydrogen (secondary N) is 1. The van der Waals surface area contributed by atoms with Crippen LogP contribution >= 0.6 is 0 Å². The average molecular weight is 417 g/mol. The highest BCUT2D eigenvalue weighted by Crippen LogP contribution is 2.28. The maximum absolute atomic E-state index is 12.6. The van der Waals surface area contributed by atoms with Gasteiger partial charge in [-0.1, -0.05) is 42.5 Å². The Bertz CT molecular complexity index is 1310. The van der Waals surface area contributed by atoms with Gasteiger partial charge in [-0.05, 0) is 35.1 Å². The molecule has 4 aromatic rings. The van der Waals surface area contributed by atoms with E-state index in [1.54, 1.807) is 14.2 Å². The number of hydrogen-bond donors (Lipinski definition) is 1. The minimum absolute atomic E-state index is 0.104. The van der Waals surface area contributed by atoms with E-state index in [0.29, 0.717) is 35.6 Å². The Hall–Kier alpha value is -3.80. The van der Waals surface area contributed by atoms with Gasteiger partial charge in [-0.3, -0.25) is 4.79 Å². The summed E-state index contributed by atoms with van der Waals surface area (Å²) in [7, 11) is 3.18. The number of amides is 1. The fraction of sp³-hybridized carbons (Fsp3) is 0.200. The predicted octanol–water partition coefficient (Wildman–Crippen LogP) is 3.86. The molecule has 1 aromatic heterocycles. The number of fused-ring (bicyclic) bond motifs is 3. The Labute approximate surface area is 179 Å². The van der Waals surface area contributed by atoms with Gasteiger partial charge in [-0.15, -0.1) is 0 Å². The van der Waals surface area contributed by atoms with Gasteiger partial charge in [0.2, 0.25) is 5.91 Å². The number of rotatable bonds is 7. The van der Waals surface area contributed by atoms with Gasteiger partial charge >= 0.3 is 5.63 Å². The quantitative estimate of drug-likeness (QED) is 0.365. The van der Waals surface area contributed by atoms with Crippen molar-refractivity contribution in [3.05, 3.63) is 82.2 Å². The molecule has 1 amide bonds. The number of hydrogen-bond acceptors (Lipinski definition) is 5. The molecule has 6 nitrogen and oxygen atoms in total. The molecule has 0 aliphatic heterocycles. The van der Waals surface area contributed by atoms with Crippen molar-refractivity contribution in [1.82, 2.24) is 5.32 Å². The third-order valence-electron chi connectivity index (χ3n) is 5.26. The maximum Gasteiger partial charge on any atom is 0.336 e. The molecule has 0 atom stereocenters. The molecule has 0 saturated carbocycles. The Morgan fingerprint density at radius 1 is 0.935 bits per heavy atom. The molecule has 3 aromatic carbocycles. The van der Waals surface area contributed by atoms with Crippen LogP contribution in [0.25, 0.3) is 21.7 Å². The average Bonchev–Trinajstić information content (AvgIpc) is 2.78. The molecule has 0 fully saturated rings. The van der Waals surface area contributed by atoms with Gasteiger partial charge in [-0.25, -0.2) is 4.79 Å². The molecule has 0 bridgehead atoms. The summed E-state index contributed by atoms with van der Waals surface area (Å²) in [6, 6.07) is 18.6. The van der Waals surface area contributed by atoms with E-state index >= 15 is 0 Å². The summed E-state index contributed by atoms with van der Waals surface area (Å²) in [5, 5.41) is 5.53. The number of methoxy groups -OCH3 is 2. The van der Waals surface area contributed by atoms with E-state index in [0.717, 1.165) is 21.7 Å². The third kappa shape index (κ3) is 4.38. The summed E-state index contributed by atoms with van der Waals surface area (Å²) < 4.78 is 16.0. The number of carbonyl (C=O) groups is 1. The van der Waals surface area contributed by atoms with Crippen LogP contribution in [0.3, 0.4) is 0 Å². The summed E-state index contributed by atoms with van der Waals surface area (Å²) in [5.74, 6) is 1.17. The smallest absolute Gasteiger partial charge is 0.336 e. The lowest BCUT2D eigenvalue weighted by molar-refractivity contribution is -0.120. The summed E-state index contributed by atoms with van der Waals surface area (Å²) >= 11 is 0. The van der Waals surface area contributed by atoms with E-state index in [2.05, 4.69) is 5.32 Å². The first-order valence-electron chi connectivity index (χ1n) is 10.0. The Kier molecular flexibility index (Phi) is 5.89. The Morgan fingerprint density at radius 3 is 2.55 bits per heavy atom. The van der Waals surface area contributed by atoms with E-state index < -0.39 is 5.63 Å². The summed E-state index contributed by atoms with van der Waals surface area (Å²) in [6.07, 6.45) is 0.751. The largest absolute Gasteiger partial charge is 0.493 e. The second kappa shape index (κ2) is 8.92. The zero-order valence-electron chi connectivity index (χ0n) is 17.4. The lowest BCUT2D eigenvalue weighted by Gasteiger charge is -2.11. The van der Waals surface area contributed by atoms with Crippen LogP contribution in [0.2, 0.25) is 0 Å². The number of benzene rings is 3. The van der Waals surface area contributed by atoms with Crippen LogP contribution in [0, 0.1) is 0 Å². The molecular formula is C25H23NO5. The second-order valence-corrected chi connectivity index (χ2v) is 7.22. The van der Waals surface area contributed by atoms with Gasteiger partial charge in [0, 0.05) is 23.4 Å². The Balaban J connectivity index is 1.48. The first kappa shape index (κ1) is 20.5. The second-order valence-electron chi connectivity index (χ2n) is 7.22. The molecule has 0 saturated heterocycles. The van der Waals surface area contributed by atoms with E-state index in [4.69, 9.17) is 13.9 Å². The molecule has 0 aliphatic carbocycles. The SMILES string of the molecule is COc1ccc(CCNC(=O)Cc2cc(=O)oc3c2ccc2ccccc23)cc1OC. The van der Waals surface area contributed by atoms with Gasteiger partial charge in [0.05, 0.1) is 20.6 Å². The highest BCUT2D eigenvalue weighted by Gasteiger charge is 2.12. The third-order valence-corrected chi connectivity index (χ3v) is 5.26. The molecule has 1 heterocycles. The summed E-state index contributed by atoms with van der Waals surface area (Å²) in [5.41, 5.74) is 1.73. The summed E-state index contributed by atoms with van der Waals surface area (Å²) in [4.78, 5) is 24.7. The molecule has 0 unspecified atom stereocenters. The number of carbonyl (C=O) groups excluding carboxylic acids is 1. The van der Waals surface area contributed by atoms with Gasteiger partial charge in [0.1, 0.15) is 5.58 Å². The first-order chi connectivity index (χ1) is 15.1.